The van der Waals surface area contributed by atoms with E-state index in [2.05, 4.69) is 6.58 Å². The molecule has 0 N–H and O–H groups in total. The van der Waals surface area contributed by atoms with Crippen LogP contribution >= 0.6 is 0 Å². The van der Waals surface area contributed by atoms with Gasteiger partial charge in [-0.2, -0.15) is 0 Å². The van der Waals surface area contributed by atoms with Gasteiger partial charge in [-0.1, -0.05) is 6.08 Å². The molecule has 108 valence electrons. The van der Waals surface area contributed by atoms with Crippen molar-refractivity contribution in [3.8, 4) is 0 Å². The number of carbonyl (C=O) groups excluding carboxylic acids is 1. The lowest BCUT2D eigenvalue weighted by molar-refractivity contribution is -0.129. The van der Waals surface area contributed by atoms with Gasteiger partial charge in [0.2, 0.25) is 0 Å². The lowest BCUT2D eigenvalue weighted by Crippen LogP contribution is -2.42. The van der Waals surface area contributed by atoms with Crippen LogP contribution in [0.2, 0.25) is 0 Å². The first-order chi connectivity index (χ1) is 9.63. The summed E-state index contributed by atoms with van der Waals surface area (Å²) in [6.07, 6.45) is 3.64. The van der Waals surface area contributed by atoms with Gasteiger partial charge in [-0.25, -0.2) is 4.39 Å². The number of benzene rings is 1. The molecule has 2 rings (SSSR count). The molecular weight excluding hydrogens is 257 g/mol. The van der Waals surface area contributed by atoms with Crippen LogP contribution in [0.15, 0.2) is 30.9 Å². The number of rotatable bonds is 5. The highest BCUT2D eigenvalue weighted by Gasteiger charge is 2.26. The van der Waals surface area contributed by atoms with Gasteiger partial charge in [0.25, 0.3) is 5.91 Å². The quantitative estimate of drug-likeness (QED) is 0.611. The zero-order valence-corrected chi connectivity index (χ0v) is 11.8. The van der Waals surface area contributed by atoms with E-state index in [-0.39, 0.29) is 11.7 Å². The lowest BCUT2D eigenvalue weighted by atomic mass is 10.0. The van der Waals surface area contributed by atoms with E-state index in [0.717, 1.165) is 30.5 Å². The summed E-state index contributed by atoms with van der Waals surface area (Å²) in [5, 5.41) is 0. The Morgan fingerprint density at radius 2 is 2.40 bits per heavy atom. The van der Waals surface area contributed by atoms with Crippen LogP contribution in [0.4, 0.5) is 10.1 Å². The molecule has 1 atom stereocenters. The van der Waals surface area contributed by atoms with Crippen molar-refractivity contribution in [2.75, 3.05) is 18.1 Å². The number of hydrogen-bond donors (Lipinski definition) is 0. The highest BCUT2D eigenvalue weighted by molar-refractivity contribution is 5.97. The van der Waals surface area contributed by atoms with Crippen molar-refractivity contribution in [3.05, 3.63) is 42.2 Å². The van der Waals surface area contributed by atoms with Crippen molar-refractivity contribution < 1.29 is 13.9 Å². The van der Waals surface area contributed by atoms with Gasteiger partial charge in [0.15, 0.2) is 0 Å². The monoisotopic (exact) mass is 277 g/mol. The Morgan fingerprint density at radius 3 is 3.15 bits per heavy atom. The third-order valence-corrected chi connectivity index (χ3v) is 3.46. The predicted molar refractivity (Wildman–Crippen MR) is 77.3 cm³/mol. The second-order valence-corrected chi connectivity index (χ2v) is 4.96. The first-order valence-corrected chi connectivity index (χ1v) is 6.96. The molecule has 3 nitrogen and oxygen atoms in total. The van der Waals surface area contributed by atoms with Gasteiger partial charge in [0.1, 0.15) is 11.9 Å². The molecule has 1 aromatic rings. The summed E-state index contributed by atoms with van der Waals surface area (Å²) >= 11 is 0. The molecule has 0 aromatic heterocycles. The summed E-state index contributed by atoms with van der Waals surface area (Å²) in [6.45, 7) is 6.52. The molecule has 0 aliphatic carbocycles. The summed E-state index contributed by atoms with van der Waals surface area (Å²) in [4.78, 5) is 14.1. The maximum atomic E-state index is 13.2. The number of anilines is 1. The van der Waals surface area contributed by atoms with Crippen LogP contribution < -0.4 is 4.90 Å². The summed E-state index contributed by atoms with van der Waals surface area (Å²) in [7, 11) is 0. The third kappa shape index (κ3) is 3.25. The number of carbonyl (C=O) groups is 1. The maximum absolute atomic E-state index is 13.2. The topological polar surface area (TPSA) is 29.5 Å². The van der Waals surface area contributed by atoms with Gasteiger partial charge in [-0.3, -0.25) is 4.79 Å². The Kier molecular flexibility index (Phi) is 4.90. The Balaban J connectivity index is 2.10. The molecule has 1 unspecified atom stereocenters. The van der Waals surface area contributed by atoms with Gasteiger partial charge >= 0.3 is 0 Å². The summed E-state index contributed by atoms with van der Waals surface area (Å²) < 4.78 is 18.7. The van der Waals surface area contributed by atoms with Crippen LogP contribution in [0.5, 0.6) is 0 Å². The Hall–Kier alpha value is -1.68. The molecule has 4 heteroatoms. The van der Waals surface area contributed by atoms with E-state index in [1.165, 1.54) is 12.1 Å². The number of aryl methyl sites for hydroxylation is 1. The average molecular weight is 277 g/mol. The van der Waals surface area contributed by atoms with Gasteiger partial charge in [0, 0.05) is 12.2 Å². The first-order valence-electron chi connectivity index (χ1n) is 6.96. The molecule has 1 amide bonds. The van der Waals surface area contributed by atoms with Crippen LogP contribution in [-0.2, 0) is 16.0 Å². The standard InChI is InChI=1S/C16H20FNO2/c1-3-4-10-20-12(2)16(19)18-9-5-6-13-11-14(17)7-8-15(13)18/h3,7-8,11-12H,1,4-6,9-10H2,2H3. The van der Waals surface area contributed by atoms with E-state index < -0.39 is 6.10 Å². The lowest BCUT2D eigenvalue weighted by Gasteiger charge is -2.31. The van der Waals surface area contributed by atoms with Crippen LogP contribution in [0.3, 0.4) is 0 Å². The summed E-state index contributed by atoms with van der Waals surface area (Å²) in [5.74, 6) is -0.324. The van der Waals surface area contributed by atoms with Gasteiger partial charge in [0.05, 0.1) is 6.61 Å². The van der Waals surface area contributed by atoms with Crippen LogP contribution in [0, 0.1) is 5.82 Å². The third-order valence-electron chi connectivity index (χ3n) is 3.46. The number of hydrogen-bond acceptors (Lipinski definition) is 2. The fourth-order valence-electron chi connectivity index (χ4n) is 2.41. The Labute approximate surface area is 119 Å². The van der Waals surface area contributed by atoms with E-state index in [0.29, 0.717) is 13.2 Å². The minimum atomic E-state index is -0.494. The van der Waals surface area contributed by atoms with Crippen molar-refractivity contribution in [1.29, 1.82) is 0 Å². The zero-order chi connectivity index (χ0) is 14.5. The van der Waals surface area contributed by atoms with E-state index in [1.807, 2.05) is 0 Å². The normalized spacial score (nSPS) is 15.6. The smallest absolute Gasteiger partial charge is 0.255 e. The number of ether oxygens (including phenoxy) is 1. The van der Waals surface area contributed by atoms with Crippen molar-refractivity contribution in [2.24, 2.45) is 0 Å². The van der Waals surface area contributed by atoms with Crippen LogP contribution in [-0.4, -0.2) is 25.2 Å². The Bertz CT molecular complexity index is 501. The number of nitrogens with zero attached hydrogens (tertiary/aromatic N) is 1. The maximum Gasteiger partial charge on any atom is 0.255 e. The minimum Gasteiger partial charge on any atom is -0.368 e. The second-order valence-electron chi connectivity index (χ2n) is 4.96. The predicted octanol–water partition coefficient (Wildman–Crippen LogP) is 3.09. The second kappa shape index (κ2) is 6.66. The number of halogens is 1. The highest BCUT2D eigenvalue weighted by atomic mass is 19.1. The van der Waals surface area contributed by atoms with Crippen molar-refractivity contribution >= 4 is 11.6 Å². The molecular formula is C16H20FNO2. The summed E-state index contributed by atoms with van der Waals surface area (Å²) in [6, 6.07) is 4.59. The number of fused-ring (bicyclic) bond motifs is 1. The van der Waals surface area contributed by atoms with E-state index in [4.69, 9.17) is 4.74 Å². The molecule has 20 heavy (non-hydrogen) atoms. The fourth-order valence-corrected chi connectivity index (χ4v) is 2.41. The summed E-state index contributed by atoms with van der Waals surface area (Å²) in [5.41, 5.74) is 1.70. The van der Waals surface area contributed by atoms with Crippen LogP contribution in [0.25, 0.3) is 0 Å². The largest absolute Gasteiger partial charge is 0.368 e. The van der Waals surface area contributed by atoms with Gasteiger partial charge in [-0.05, 0) is 49.9 Å². The number of amides is 1. The molecule has 0 fully saturated rings. The molecule has 0 saturated heterocycles. The average Bonchev–Trinajstić information content (AvgIpc) is 2.45. The van der Waals surface area contributed by atoms with E-state index in [1.54, 1.807) is 24.0 Å². The molecule has 1 heterocycles. The van der Waals surface area contributed by atoms with Crippen LogP contribution in [0.1, 0.15) is 25.3 Å². The molecule has 1 aromatic carbocycles. The zero-order valence-electron chi connectivity index (χ0n) is 11.8. The Morgan fingerprint density at radius 1 is 1.60 bits per heavy atom. The molecule has 0 radical (unpaired) electrons. The van der Waals surface area contributed by atoms with Crippen molar-refractivity contribution in [2.45, 2.75) is 32.3 Å². The molecule has 0 spiro atoms. The minimum absolute atomic E-state index is 0.0679. The molecule has 0 saturated carbocycles. The SMILES string of the molecule is C=CCCOC(C)C(=O)N1CCCc2cc(F)ccc21. The highest BCUT2D eigenvalue weighted by Crippen LogP contribution is 2.28. The molecule has 0 bridgehead atoms. The fraction of sp³-hybridized carbons (Fsp3) is 0.438. The van der Waals surface area contributed by atoms with E-state index in [9.17, 15) is 9.18 Å². The van der Waals surface area contributed by atoms with Crippen molar-refractivity contribution in [3.63, 3.8) is 0 Å². The first kappa shape index (κ1) is 14.7. The van der Waals surface area contributed by atoms with Gasteiger partial charge < -0.3 is 9.64 Å². The van der Waals surface area contributed by atoms with E-state index >= 15 is 0 Å². The van der Waals surface area contributed by atoms with Crippen molar-refractivity contribution in [1.82, 2.24) is 0 Å². The molecule has 1 aliphatic heterocycles. The molecule has 1 aliphatic rings. The van der Waals surface area contributed by atoms with Gasteiger partial charge in [-0.15, -0.1) is 6.58 Å².